The van der Waals surface area contributed by atoms with Gasteiger partial charge in [-0.1, -0.05) is 53.6 Å². The average Bonchev–Trinajstić information content (AvgIpc) is 2.60. The number of H-pyrrole nitrogens is 1. The fourth-order valence-corrected chi connectivity index (χ4v) is 2.69. The third kappa shape index (κ3) is 4.17. The van der Waals surface area contributed by atoms with Crippen molar-refractivity contribution in [3.8, 4) is 11.3 Å². The van der Waals surface area contributed by atoms with E-state index in [9.17, 15) is 9.59 Å². The Labute approximate surface area is 150 Å². The van der Waals surface area contributed by atoms with Crippen LogP contribution in [0.25, 0.3) is 11.3 Å². The quantitative estimate of drug-likeness (QED) is 0.747. The van der Waals surface area contributed by atoms with Gasteiger partial charge in [-0.2, -0.15) is 0 Å². The van der Waals surface area contributed by atoms with Crippen LogP contribution in [0.15, 0.2) is 65.5 Å². The molecule has 3 rings (SSSR count). The van der Waals surface area contributed by atoms with Crippen LogP contribution in [0.4, 0.5) is 0 Å². The van der Waals surface area contributed by atoms with Crippen LogP contribution in [0.2, 0.25) is 5.02 Å². The molecule has 4 nitrogen and oxygen atoms in total. The van der Waals surface area contributed by atoms with Crippen LogP contribution in [0.1, 0.15) is 21.5 Å². The Balaban J connectivity index is 1.75. The number of hydrogen-bond donors (Lipinski definition) is 2. The fourth-order valence-electron chi connectivity index (χ4n) is 2.48. The van der Waals surface area contributed by atoms with Crippen LogP contribution < -0.4 is 10.9 Å². The molecule has 1 amide bonds. The summed E-state index contributed by atoms with van der Waals surface area (Å²) in [5, 5.41) is 3.34. The third-order valence-corrected chi connectivity index (χ3v) is 4.09. The molecule has 2 aromatic carbocycles. The van der Waals surface area contributed by atoms with Crippen molar-refractivity contribution < 1.29 is 4.79 Å². The van der Waals surface area contributed by atoms with E-state index >= 15 is 0 Å². The van der Waals surface area contributed by atoms with Crippen LogP contribution >= 0.6 is 11.6 Å². The van der Waals surface area contributed by atoms with Crippen molar-refractivity contribution in [2.45, 2.75) is 13.5 Å². The second kappa shape index (κ2) is 7.36. The number of amides is 1. The van der Waals surface area contributed by atoms with Gasteiger partial charge in [-0.05, 0) is 42.3 Å². The van der Waals surface area contributed by atoms with E-state index in [1.807, 2.05) is 43.3 Å². The lowest BCUT2D eigenvalue weighted by molar-refractivity contribution is 0.0949. The molecule has 25 heavy (non-hydrogen) atoms. The number of aromatic amines is 1. The van der Waals surface area contributed by atoms with Crippen molar-refractivity contribution in [2.24, 2.45) is 0 Å². The third-order valence-electron chi connectivity index (χ3n) is 3.86. The zero-order valence-electron chi connectivity index (χ0n) is 13.7. The Morgan fingerprint density at radius 3 is 2.52 bits per heavy atom. The van der Waals surface area contributed by atoms with Crippen molar-refractivity contribution in [3.05, 3.63) is 92.7 Å². The van der Waals surface area contributed by atoms with Gasteiger partial charge in [-0.3, -0.25) is 9.59 Å². The first-order valence-corrected chi connectivity index (χ1v) is 8.24. The topological polar surface area (TPSA) is 62.0 Å². The molecule has 0 saturated carbocycles. The highest BCUT2D eigenvalue weighted by Crippen LogP contribution is 2.16. The Hall–Kier alpha value is -2.85. The van der Waals surface area contributed by atoms with Crippen molar-refractivity contribution in [2.75, 3.05) is 0 Å². The standard InChI is InChI=1S/C20H17ClN2O2/c1-13-5-7-15(8-6-13)18-10-9-17(20(25)23-18)19(24)22-12-14-3-2-4-16(21)11-14/h2-11H,12H2,1H3,(H,22,24)(H,23,25). The zero-order chi connectivity index (χ0) is 17.8. The lowest BCUT2D eigenvalue weighted by Crippen LogP contribution is -2.29. The van der Waals surface area contributed by atoms with Crippen molar-refractivity contribution in [1.82, 2.24) is 10.3 Å². The minimum atomic E-state index is -0.420. The fraction of sp³-hybridized carbons (Fsp3) is 0.100. The lowest BCUT2D eigenvalue weighted by Gasteiger charge is -2.07. The molecule has 0 aliphatic carbocycles. The molecule has 3 aromatic rings. The van der Waals surface area contributed by atoms with E-state index in [2.05, 4.69) is 10.3 Å². The number of rotatable bonds is 4. The molecule has 0 unspecified atom stereocenters. The molecule has 1 heterocycles. The van der Waals surface area contributed by atoms with Crippen molar-refractivity contribution >= 4 is 17.5 Å². The van der Waals surface area contributed by atoms with Crippen molar-refractivity contribution in [3.63, 3.8) is 0 Å². The number of benzene rings is 2. The molecular formula is C20H17ClN2O2. The van der Waals surface area contributed by atoms with Crippen LogP contribution in [0.3, 0.4) is 0 Å². The first-order chi connectivity index (χ1) is 12.0. The molecule has 0 radical (unpaired) electrons. The normalized spacial score (nSPS) is 10.5. The predicted molar refractivity (Wildman–Crippen MR) is 99.9 cm³/mol. The molecule has 0 spiro atoms. The summed E-state index contributed by atoms with van der Waals surface area (Å²) in [6.45, 7) is 2.30. The molecule has 5 heteroatoms. The highest BCUT2D eigenvalue weighted by atomic mass is 35.5. The summed E-state index contributed by atoms with van der Waals surface area (Å²) in [6, 6.07) is 18.3. The van der Waals surface area contributed by atoms with E-state index in [0.717, 1.165) is 16.7 Å². The number of aromatic nitrogens is 1. The Kier molecular flexibility index (Phi) is 5.00. The molecule has 0 atom stereocenters. The lowest BCUT2D eigenvalue weighted by atomic mass is 10.1. The first-order valence-electron chi connectivity index (χ1n) is 7.86. The number of aryl methyl sites for hydroxylation is 1. The summed E-state index contributed by atoms with van der Waals surface area (Å²) in [5.41, 5.74) is 3.25. The van der Waals surface area contributed by atoms with E-state index in [0.29, 0.717) is 17.3 Å². The molecule has 0 fully saturated rings. The Bertz CT molecular complexity index is 962. The highest BCUT2D eigenvalue weighted by molar-refractivity contribution is 6.30. The predicted octanol–water partition coefficient (Wildman–Crippen LogP) is 3.93. The summed E-state index contributed by atoms with van der Waals surface area (Å²) in [6.07, 6.45) is 0. The zero-order valence-corrected chi connectivity index (χ0v) is 14.4. The van der Waals surface area contributed by atoms with Crippen LogP contribution in [-0.4, -0.2) is 10.9 Å². The van der Waals surface area contributed by atoms with Gasteiger partial charge in [-0.25, -0.2) is 0 Å². The molecule has 0 saturated heterocycles. The number of carbonyl (C=O) groups is 1. The maximum Gasteiger partial charge on any atom is 0.261 e. The maximum atomic E-state index is 12.3. The van der Waals surface area contributed by atoms with Crippen LogP contribution in [-0.2, 0) is 6.54 Å². The Morgan fingerprint density at radius 1 is 1.08 bits per heavy atom. The number of nitrogens with one attached hydrogen (secondary N) is 2. The second-order valence-electron chi connectivity index (χ2n) is 5.79. The minimum absolute atomic E-state index is 0.0814. The number of hydrogen-bond acceptors (Lipinski definition) is 2. The minimum Gasteiger partial charge on any atom is -0.348 e. The van der Waals surface area contributed by atoms with Gasteiger partial charge in [0, 0.05) is 17.3 Å². The number of carbonyl (C=O) groups excluding carboxylic acids is 1. The van der Waals surface area contributed by atoms with Gasteiger partial charge >= 0.3 is 0 Å². The summed E-state index contributed by atoms with van der Waals surface area (Å²) in [4.78, 5) is 27.3. The molecular weight excluding hydrogens is 336 g/mol. The van der Waals surface area contributed by atoms with E-state index in [1.54, 1.807) is 24.3 Å². The largest absolute Gasteiger partial charge is 0.348 e. The van der Waals surface area contributed by atoms with E-state index in [4.69, 9.17) is 11.6 Å². The molecule has 2 N–H and O–H groups in total. The molecule has 0 aliphatic rings. The molecule has 126 valence electrons. The summed E-state index contributed by atoms with van der Waals surface area (Å²) in [7, 11) is 0. The van der Waals surface area contributed by atoms with Gasteiger partial charge in [0.25, 0.3) is 11.5 Å². The maximum absolute atomic E-state index is 12.3. The molecule has 0 aliphatic heterocycles. The first kappa shape index (κ1) is 17.0. The second-order valence-corrected chi connectivity index (χ2v) is 6.23. The monoisotopic (exact) mass is 352 g/mol. The Morgan fingerprint density at radius 2 is 1.84 bits per heavy atom. The number of pyridine rings is 1. The van der Waals surface area contributed by atoms with Gasteiger partial charge in [0.15, 0.2) is 0 Å². The van der Waals surface area contributed by atoms with E-state index in [-0.39, 0.29) is 5.56 Å². The van der Waals surface area contributed by atoms with E-state index in [1.165, 1.54) is 0 Å². The molecule has 0 bridgehead atoms. The van der Waals surface area contributed by atoms with Gasteiger partial charge in [-0.15, -0.1) is 0 Å². The average molecular weight is 353 g/mol. The van der Waals surface area contributed by atoms with Crippen LogP contribution in [0.5, 0.6) is 0 Å². The molecule has 1 aromatic heterocycles. The summed E-state index contributed by atoms with van der Waals surface area (Å²) >= 11 is 5.92. The highest BCUT2D eigenvalue weighted by Gasteiger charge is 2.11. The van der Waals surface area contributed by atoms with Gasteiger partial charge in [0.2, 0.25) is 0 Å². The van der Waals surface area contributed by atoms with Gasteiger partial charge < -0.3 is 10.3 Å². The van der Waals surface area contributed by atoms with Gasteiger partial charge in [0.1, 0.15) is 5.56 Å². The van der Waals surface area contributed by atoms with Gasteiger partial charge in [0.05, 0.1) is 0 Å². The smallest absolute Gasteiger partial charge is 0.261 e. The van der Waals surface area contributed by atoms with Crippen molar-refractivity contribution in [1.29, 1.82) is 0 Å². The summed E-state index contributed by atoms with van der Waals surface area (Å²) in [5.74, 6) is -0.420. The van der Waals surface area contributed by atoms with E-state index < -0.39 is 11.5 Å². The number of halogens is 1. The summed E-state index contributed by atoms with van der Waals surface area (Å²) < 4.78 is 0. The SMILES string of the molecule is Cc1ccc(-c2ccc(C(=O)NCc3cccc(Cl)c3)c(=O)[nH]2)cc1. The van der Waals surface area contributed by atoms with Crippen LogP contribution in [0, 0.1) is 6.92 Å².